The molecular weight excluding hydrogens is 324 g/mol. The zero-order chi connectivity index (χ0) is 15.1. The summed E-state index contributed by atoms with van der Waals surface area (Å²) in [6.45, 7) is 3.20. The molecule has 1 rings (SSSR count). The molecule has 0 aromatic heterocycles. The Bertz CT molecular complexity index is 429. The number of rotatable bonds is 8. The number of nitrogens with one attached hydrogen (secondary N) is 1. The summed E-state index contributed by atoms with van der Waals surface area (Å²) >= 11 is 3.55. The summed E-state index contributed by atoms with van der Waals surface area (Å²) in [7, 11) is 4.92. The Kier molecular flexibility index (Phi) is 7.29. The largest absolute Gasteiger partial charge is 0.493 e. The van der Waals surface area contributed by atoms with Crippen molar-refractivity contribution in [3.8, 4) is 11.5 Å². The molecule has 0 aliphatic rings. The number of benzene rings is 1. The lowest BCUT2D eigenvalue weighted by Crippen LogP contribution is -2.34. The van der Waals surface area contributed by atoms with E-state index in [0.29, 0.717) is 18.0 Å². The highest BCUT2D eigenvalue weighted by molar-refractivity contribution is 9.10. The molecule has 114 valence electrons. The minimum atomic E-state index is 0.0155. The standard InChI is InChI=1S/C14H23BrN2O3/c1-9(18-2)8-17-12(7-16)10-5-13(19-3)14(20-4)6-11(10)15/h5-6,9,12,17H,7-8,16H2,1-4H3. The van der Waals surface area contributed by atoms with Crippen LogP contribution in [0.1, 0.15) is 18.5 Å². The van der Waals surface area contributed by atoms with Crippen LogP contribution in [0.3, 0.4) is 0 Å². The van der Waals surface area contributed by atoms with Crippen LogP contribution in [0.15, 0.2) is 16.6 Å². The maximum Gasteiger partial charge on any atom is 0.161 e. The molecule has 5 nitrogen and oxygen atoms in total. The number of halogens is 1. The molecule has 0 aliphatic heterocycles. The summed E-state index contributed by atoms with van der Waals surface area (Å²) in [4.78, 5) is 0. The fourth-order valence-electron chi connectivity index (χ4n) is 1.85. The lowest BCUT2D eigenvalue weighted by Gasteiger charge is -2.22. The summed E-state index contributed by atoms with van der Waals surface area (Å²) in [5.74, 6) is 1.37. The van der Waals surface area contributed by atoms with E-state index in [4.69, 9.17) is 19.9 Å². The third kappa shape index (κ3) is 4.34. The summed E-state index contributed by atoms with van der Waals surface area (Å²) < 4.78 is 16.8. The second-order valence-corrected chi connectivity index (χ2v) is 5.33. The molecule has 1 aromatic rings. The lowest BCUT2D eigenvalue weighted by molar-refractivity contribution is 0.114. The molecule has 2 atom stereocenters. The predicted molar refractivity (Wildman–Crippen MR) is 83.5 cm³/mol. The van der Waals surface area contributed by atoms with Crippen molar-refractivity contribution in [2.75, 3.05) is 34.4 Å². The van der Waals surface area contributed by atoms with E-state index in [-0.39, 0.29) is 12.1 Å². The first-order valence-electron chi connectivity index (χ1n) is 6.45. The Morgan fingerprint density at radius 1 is 1.20 bits per heavy atom. The minimum Gasteiger partial charge on any atom is -0.493 e. The predicted octanol–water partition coefficient (Wildman–Crippen LogP) is 2.09. The number of hydrogen-bond acceptors (Lipinski definition) is 5. The second-order valence-electron chi connectivity index (χ2n) is 4.47. The SMILES string of the molecule is COc1cc(Br)c(C(CN)NCC(C)OC)cc1OC. The van der Waals surface area contributed by atoms with Crippen molar-refractivity contribution >= 4 is 15.9 Å². The fraction of sp³-hybridized carbons (Fsp3) is 0.571. The highest BCUT2D eigenvalue weighted by atomic mass is 79.9. The Morgan fingerprint density at radius 2 is 1.80 bits per heavy atom. The van der Waals surface area contributed by atoms with E-state index in [1.54, 1.807) is 21.3 Å². The molecule has 0 saturated heterocycles. The van der Waals surface area contributed by atoms with Gasteiger partial charge in [-0.15, -0.1) is 0 Å². The quantitative estimate of drug-likeness (QED) is 0.754. The zero-order valence-electron chi connectivity index (χ0n) is 12.4. The molecule has 0 radical (unpaired) electrons. The third-order valence-corrected chi connectivity index (χ3v) is 3.85. The first-order chi connectivity index (χ1) is 9.57. The number of methoxy groups -OCH3 is 3. The maximum atomic E-state index is 5.87. The van der Waals surface area contributed by atoms with Crippen molar-refractivity contribution in [1.82, 2.24) is 5.32 Å². The van der Waals surface area contributed by atoms with Crippen LogP contribution in [-0.4, -0.2) is 40.5 Å². The first kappa shape index (κ1) is 17.2. The smallest absolute Gasteiger partial charge is 0.161 e. The highest BCUT2D eigenvalue weighted by Crippen LogP contribution is 2.35. The van der Waals surface area contributed by atoms with Crippen molar-refractivity contribution in [1.29, 1.82) is 0 Å². The first-order valence-corrected chi connectivity index (χ1v) is 7.24. The summed E-state index contributed by atoms with van der Waals surface area (Å²) in [5, 5.41) is 3.39. The monoisotopic (exact) mass is 346 g/mol. The van der Waals surface area contributed by atoms with E-state index in [0.717, 1.165) is 16.6 Å². The molecule has 0 spiro atoms. The molecule has 0 saturated carbocycles. The van der Waals surface area contributed by atoms with Crippen LogP contribution in [-0.2, 0) is 4.74 Å². The topological polar surface area (TPSA) is 65.7 Å². The highest BCUT2D eigenvalue weighted by Gasteiger charge is 2.17. The molecule has 6 heteroatoms. The molecule has 1 aromatic carbocycles. The number of ether oxygens (including phenoxy) is 3. The molecule has 0 aliphatic carbocycles. The average Bonchev–Trinajstić information content (AvgIpc) is 2.48. The summed E-state index contributed by atoms with van der Waals surface area (Å²) in [5.41, 5.74) is 6.90. The van der Waals surface area contributed by atoms with Gasteiger partial charge in [-0.25, -0.2) is 0 Å². The van der Waals surface area contributed by atoms with Crippen LogP contribution >= 0.6 is 15.9 Å². The van der Waals surface area contributed by atoms with Crippen molar-refractivity contribution in [3.05, 3.63) is 22.2 Å². The average molecular weight is 347 g/mol. The normalized spacial score (nSPS) is 13.9. The van der Waals surface area contributed by atoms with Gasteiger partial charge in [-0.05, 0) is 24.6 Å². The van der Waals surface area contributed by atoms with Crippen LogP contribution in [0, 0.1) is 0 Å². The molecule has 0 bridgehead atoms. The number of hydrogen-bond donors (Lipinski definition) is 2. The van der Waals surface area contributed by atoms with Gasteiger partial charge in [0, 0.05) is 30.7 Å². The van der Waals surface area contributed by atoms with E-state index >= 15 is 0 Å². The zero-order valence-corrected chi connectivity index (χ0v) is 14.0. The van der Waals surface area contributed by atoms with Gasteiger partial charge in [-0.1, -0.05) is 15.9 Å². The van der Waals surface area contributed by atoms with Crippen LogP contribution < -0.4 is 20.5 Å². The molecule has 2 unspecified atom stereocenters. The van der Waals surface area contributed by atoms with Crippen molar-refractivity contribution in [2.45, 2.75) is 19.1 Å². The fourth-order valence-corrected chi connectivity index (χ4v) is 2.45. The number of nitrogens with two attached hydrogens (primary N) is 1. The molecule has 0 fully saturated rings. The lowest BCUT2D eigenvalue weighted by atomic mass is 10.1. The molecular formula is C14H23BrN2O3. The molecule has 0 heterocycles. The van der Waals surface area contributed by atoms with Gasteiger partial charge in [0.1, 0.15) is 0 Å². The van der Waals surface area contributed by atoms with E-state index in [1.807, 2.05) is 19.1 Å². The Labute approximate surface area is 128 Å². The van der Waals surface area contributed by atoms with Crippen LogP contribution in [0.5, 0.6) is 11.5 Å². The van der Waals surface area contributed by atoms with Gasteiger partial charge >= 0.3 is 0 Å². The van der Waals surface area contributed by atoms with Crippen LogP contribution in [0.2, 0.25) is 0 Å². The van der Waals surface area contributed by atoms with E-state index in [1.165, 1.54) is 0 Å². The summed E-state index contributed by atoms with van der Waals surface area (Å²) in [6, 6.07) is 3.84. The van der Waals surface area contributed by atoms with E-state index < -0.39 is 0 Å². The Hall–Kier alpha value is -0.820. The van der Waals surface area contributed by atoms with Gasteiger partial charge in [-0.2, -0.15) is 0 Å². The van der Waals surface area contributed by atoms with Gasteiger partial charge in [0.05, 0.1) is 20.3 Å². The Morgan fingerprint density at radius 3 is 2.30 bits per heavy atom. The van der Waals surface area contributed by atoms with Gasteiger partial charge in [0.2, 0.25) is 0 Å². The van der Waals surface area contributed by atoms with E-state index in [9.17, 15) is 0 Å². The van der Waals surface area contributed by atoms with Crippen molar-refractivity contribution < 1.29 is 14.2 Å². The molecule has 20 heavy (non-hydrogen) atoms. The van der Waals surface area contributed by atoms with Gasteiger partial charge in [0.25, 0.3) is 0 Å². The van der Waals surface area contributed by atoms with Crippen molar-refractivity contribution in [3.63, 3.8) is 0 Å². The van der Waals surface area contributed by atoms with E-state index in [2.05, 4.69) is 21.2 Å². The Balaban J connectivity index is 2.96. The van der Waals surface area contributed by atoms with Gasteiger partial charge in [-0.3, -0.25) is 0 Å². The van der Waals surface area contributed by atoms with Crippen molar-refractivity contribution in [2.24, 2.45) is 5.73 Å². The summed E-state index contributed by atoms with van der Waals surface area (Å²) in [6.07, 6.45) is 0.128. The van der Waals surface area contributed by atoms with Gasteiger partial charge in [0.15, 0.2) is 11.5 Å². The molecule has 0 amide bonds. The maximum absolute atomic E-state index is 5.87. The van der Waals surface area contributed by atoms with Gasteiger partial charge < -0.3 is 25.3 Å². The van der Waals surface area contributed by atoms with Crippen LogP contribution in [0.25, 0.3) is 0 Å². The minimum absolute atomic E-state index is 0.0155. The third-order valence-electron chi connectivity index (χ3n) is 3.17. The second kappa shape index (κ2) is 8.46. The van der Waals surface area contributed by atoms with Crippen LogP contribution in [0.4, 0.5) is 0 Å². The molecule has 3 N–H and O–H groups in total.